The molecule has 0 fully saturated rings. The number of aryl methyl sites for hydroxylation is 1. The summed E-state index contributed by atoms with van der Waals surface area (Å²) >= 11 is 1.25. The van der Waals surface area contributed by atoms with E-state index in [9.17, 15) is 5.11 Å². The van der Waals surface area contributed by atoms with Gasteiger partial charge >= 0.3 is 0 Å². The predicted octanol–water partition coefficient (Wildman–Crippen LogP) is 1.55. The van der Waals surface area contributed by atoms with Crippen molar-refractivity contribution in [2.75, 3.05) is 0 Å². The fourth-order valence-corrected chi connectivity index (χ4v) is 2.60. The fraction of sp³-hybridized carbons (Fsp3) is 0.636. The molecule has 2 aromatic rings. The van der Waals surface area contributed by atoms with Gasteiger partial charge in [-0.3, -0.25) is 4.68 Å². The topological polar surface area (TPSA) is 76.7 Å². The molecule has 0 spiro atoms. The van der Waals surface area contributed by atoms with E-state index in [1.807, 2.05) is 20.8 Å². The molecule has 2 heterocycles. The van der Waals surface area contributed by atoms with Gasteiger partial charge in [-0.15, -0.1) is 5.10 Å². The van der Waals surface area contributed by atoms with Crippen LogP contribution in [0.1, 0.15) is 49.2 Å². The Morgan fingerprint density at radius 2 is 2.22 bits per heavy atom. The first-order valence-corrected chi connectivity index (χ1v) is 6.77. The highest BCUT2D eigenvalue weighted by Gasteiger charge is 2.21. The Morgan fingerprint density at radius 1 is 1.44 bits per heavy atom. The highest BCUT2D eigenvalue weighted by Crippen LogP contribution is 2.27. The smallest absolute Gasteiger partial charge is 0.138 e. The van der Waals surface area contributed by atoms with Crippen LogP contribution < -0.4 is 0 Å². The number of hydrogen-bond donors (Lipinski definition) is 1. The zero-order valence-electron chi connectivity index (χ0n) is 10.7. The molecule has 0 saturated carbocycles. The van der Waals surface area contributed by atoms with Gasteiger partial charge in [0.1, 0.15) is 12.2 Å². The second-order valence-corrected chi connectivity index (χ2v) is 5.17. The molecule has 0 aliphatic rings. The molecule has 1 unspecified atom stereocenters. The van der Waals surface area contributed by atoms with Crippen LogP contribution in [0.3, 0.4) is 0 Å². The van der Waals surface area contributed by atoms with Gasteiger partial charge in [0.05, 0.1) is 16.7 Å². The highest BCUT2D eigenvalue weighted by molar-refractivity contribution is 7.05. The molecule has 0 amide bonds. The summed E-state index contributed by atoms with van der Waals surface area (Å²) < 4.78 is 5.71. The van der Waals surface area contributed by atoms with Crippen LogP contribution in [0, 0.1) is 0 Å². The quantitative estimate of drug-likeness (QED) is 0.889. The summed E-state index contributed by atoms with van der Waals surface area (Å²) in [6.07, 6.45) is 1.34. The Morgan fingerprint density at radius 3 is 2.89 bits per heavy atom. The van der Waals surface area contributed by atoms with Crippen LogP contribution in [-0.4, -0.2) is 29.5 Å². The van der Waals surface area contributed by atoms with Crippen LogP contribution in [-0.2, 0) is 13.0 Å². The molecule has 18 heavy (non-hydrogen) atoms. The molecule has 0 aromatic carbocycles. The maximum atomic E-state index is 10.3. The number of hydrogen-bond acceptors (Lipinski definition) is 6. The van der Waals surface area contributed by atoms with E-state index in [0.29, 0.717) is 6.42 Å². The van der Waals surface area contributed by atoms with E-state index in [0.717, 1.165) is 22.9 Å². The maximum absolute atomic E-state index is 10.3. The minimum atomic E-state index is -0.614. The number of aromatic nitrogens is 5. The summed E-state index contributed by atoms with van der Waals surface area (Å²) in [5.41, 5.74) is 0.870. The molecule has 1 N–H and O–H groups in total. The third-order valence-corrected chi connectivity index (χ3v) is 3.60. The molecular formula is C11H17N5OS. The average Bonchev–Trinajstić information content (AvgIpc) is 2.96. The summed E-state index contributed by atoms with van der Waals surface area (Å²) in [5.74, 6) is 1.05. The lowest BCUT2D eigenvalue weighted by Gasteiger charge is -2.11. The van der Waals surface area contributed by atoms with E-state index in [2.05, 4.69) is 19.7 Å². The lowest BCUT2D eigenvalue weighted by atomic mass is 10.1. The number of nitrogens with zero attached hydrogens (tertiary/aromatic N) is 5. The van der Waals surface area contributed by atoms with Crippen molar-refractivity contribution in [3.8, 4) is 0 Å². The summed E-state index contributed by atoms with van der Waals surface area (Å²) in [7, 11) is 0. The molecule has 98 valence electrons. The van der Waals surface area contributed by atoms with Crippen molar-refractivity contribution in [2.45, 2.75) is 45.8 Å². The van der Waals surface area contributed by atoms with Crippen molar-refractivity contribution >= 4 is 11.5 Å². The number of aliphatic hydroxyl groups is 1. The standard InChI is InChI=1S/C11H17N5OS/c1-4-16-9(12-6-13-16)5-8(17)11-10(7(2)3)14-15-18-11/h6-8,17H,4-5H2,1-3H3. The van der Waals surface area contributed by atoms with E-state index in [-0.39, 0.29) is 5.92 Å². The number of rotatable bonds is 5. The highest BCUT2D eigenvalue weighted by atomic mass is 32.1. The first kappa shape index (κ1) is 13.1. The normalized spacial score (nSPS) is 13.2. The van der Waals surface area contributed by atoms with Gasteiger partial charge in [0.2, 0.25) is 0 Å². The number of aliphatic hydroxyl groups excluding tert-OH is 1. The van der Waals surface area contributed by atoms with Gasteiger partial charge in [0, 0.05) is 13.0 Å². The molecule has 6 nitrogen and oxygen atoms in total. The van der Waals surface area contributed by atoms with Crippen LogP contribution in [0.5, 0.6) is 0 Å². The second-order valence-electron chi connectivity index (χ2n) is 4.39. The molecule has 0 aliphatic heterocycles. The molecule has 7 heteroatoms. The molecule has 2 rings (SSSR count). The van der Waals surface area contributed by atoms with Crippen LogP contribution in [0.2, 0.25) is 0 Å². The van der Waals surface area contributed by atoms with Gasteiger partial charge in [-0.05, 0) is 24.4 Å². The minimum Gasteiger partial charge on any atom is -0.387 e. The van der Waals surface area contributed by atoms with E-state index < -0.39 is 6.10 Å². The molecule has 1 atom stereocenters. The van der Waals surface area contributed by atoms with E-state index in [1.54, 1.807) is 4.68 Å². The van der Waals surface area contributed by atoms with E-state index in [4.69, 9.17) is 0 Å². The van der Waals surface area contributed by atoms with E-state index in [1.165, 1.54) is 17.9 Å². The molecule has 0 saturated heterocycles. The molecule has 0 bridgehead atoms. The van der Waals surface area contributed by atoms with E-state index >= 15 is 0 Å². The Kier molecular flexibility index (Phi) is 4.03. The van der Waals surface area contributed by atoms with Gasteiger partial charge in [0.25, 0.3) is 0 Å². The van der Waals surface area contributed by atoms with Crippen molar-refractivity contribution in [1.82, 2.24) is 24.4 Å². The van der Waals surface area contributed by atoms with Gasteiger partial charge < -0.3 is 5.11 Å². The molecule has 0 radical (unpaired) electrons. The largest absolute Gasteiger partial charge is 0.387 e. The van der Waals surface area contributed by atoms with Crippen molar-refractivity contribution in [3.63, 3.8) is 0 Å². The Labute approximate surface area is 110 Å². The zero-order valence-corrected chi connectivity index (χ0v) is 11.6. The van der Waals surface area contributed by atoms with Crippen molar-refractivity contribution in [3.05, 3.63) is 22.7 Å². The maximum Gasteiger partial charge on any atom is 0.138 e. The second kappa shape index (κ2) is 5.53. The van der Waals surface area contributed by atoms with Crippen molar-refractivity contribution < 1.29 is 5.11 Å². The molecule has 0 aliphatic carbocycles. The van der Waals surface area contributed by atoms with Crippen LogP contribution >= 0.6 is 11.5 Å². The zero-order chi connectivity index (χ0) is 13.1. The lowest BCUT2D eigenvalue weighted by Crippen LogP contribution is -2.10. The summed E-state index contributed by atoms with van der Waals surface area (Å²) in [5, 5.41) is 18.4. The molecular weight excluding hydrogens is 250 g/mol. The Hall–Kier alpha value is -1.34. The van der Waals surface area contributed by atoms with Gasteiger partial charge in [0.15, 0.2) is 0 Å². The first-order valence-electron chi connectivity index (χ1n) is 6.00. The van der Waals surface area contributed by atoms with Crippen molar-refractivity contribution in [2.24, 2.45) is 0 Å². The van der Waals surface area contributed by atoms with Gasteiger partial charge in [-0.2, -0.15) is 5.10 Å². The van der Waals surface area contributed by atoms with Crippen molar-refractivity contribution in [1.29, 1.82) is 0 Å². The van der Waals surface area contributed by atoms with Gasteiger partial charge in [-0.25, -0.2) is 4.98 Å². The molecule has 2 aromatic heterocycles. The van der Waals surface area contributed by atoms with Crippen LogP contribution in [0.25, 0.3) is 0 Å². The fourth-order valence-electron chi connectivity index (χ4n) is 1.81. The predicted molar refractivity (Wildman–Crippen MR) is 68.4 cm³/mol. The Balaban J connectivity index is 2.17. The third-order valence-electron chi connectivity index (χ3n) is 2.76. The monoisotopic (exact) mass is 267 g/mol. The van der Waals surface area contributed by atoms with Gasteiger partial charge in [-0.1, -0.05) is 18.3 Å². The first-order chi connectivity index (χ1) is 8.63. The minimum absolute atomic E-state index is 0.262. The SMILES string of the molecule is CCn1ncnc1CC(O)c1snnc1C(C)C. The van der Waals surface area contributed by atoms with Crippen LogP contribution in [0.15, 0.2) is 6.33 Å². The summed E-state index contributed by atoms with van der Waals surface area (Å²) in [4.78, 5) is 5.00. The lowest BCUT2D eigenvalue weighted by molar-refractivity contribution is 0.176. The average molecular weight is 267 g/mol. The summed E-state index contributed by atoms with van der Waals surface area (Å²) in [6.45, 7) is 6.83. The summed E-state index contributed by atoms with van der Waals surface area (Å²) in [6, 6.07) is 0. The van der Waals surface area contributed by atoms with Crippen LogP contribution in [0.4, 0.5) is 0 Å². The third kappa shape index (κ3) is 2.56. The Bertz CT molecular complexity index is 507.